The van der Waals surface area contributed by atoms with Crippen molar-refractivity contribution >= 4 is 22.9 Å². The highest BCUT2D eigenvalue weighted by atomic mass is 16.5. The number of H-pyrrole nitrogens is 1. The van der Waals surface area contributed by atoms with Crippen LogP contribution in [0.2, 0.25) is 0 Å². The van der Waals surface area contributed by atoms with Gasteiger partial charge in [-0.25, -0.2) is 9.97 Å². The van der Waals surface area contributed by atoms with Crippen LogP contribution < -0.4 is 4.74 Å². The Morgan fingerprint density at radius 2 is 1.75 bits per heavy atom. The fraction of sp³-hybridized carbons (Fsp3) is 0.0870. The summed E-state index contributed by atoms with van der Waals surface area (Å²) in [6.07, 6.45) is 7.38. The van der Waals surface area contributed by atoms with Gasteiger partial charge in [0.1, 0.15) is 12.0 Å². The van der Waals surface area contributed by atoms with Crippen LogP contribution in [0, 0.1) is 0 Å². The molecule has 1 N–H and O–H groups in total. The zero-order valence-electron chi connectivity index (χ0n) is 15.2. The van der Waals surface area contributed by atoms with Crippen molar-refractivity contribution in [2.24, 2.45) is 0 Å². The molecule has 5 nitrogen and oxygen atoms in total. The van der Waals surface area contributed by atoms with Crippen molar-refractivity contribution in [2.75, 3.05) is 6.61 Å². The number of ether oxygens (including phenoxy) is 1. The standard InChI is InChI=1S/C23H19N3O2/c27-20(18-9-5-2-6-10-18)12-11-19-15-24-22-21(19)23(26-16-25-22)28-14-13-17-7-3-1-4-8-17/h1-12,15-16H,13-14H2,(H,24,25,26)/b12-11+. The summed E-state index contributed by atoms with van der Waals surface area (Å²) in [6.45, 7) is 0.507. The lowest BCUT2D eigenvalue weighted by Crippen LogP contribution is -2.03. The minimum Gasteiger partial charge on any atom is -0.477 e. The molecule has 0 aliphatic heterocycles. The van der Waals surface area contributed by atoms with E-state index in [1.54, 1.807) is 30.5 Å². The van der Waals surface area contributed by atoms with Gasteiger partial charge in [-0.05, 0) is 17.7 Å². The molecule has 0 amide bonds. The molecule has 4 aromatic rings. The van der Waals surface area contributed by atoms with Gasteiger partial charge >= 0.3 is 0 Å². The van der Waals surface area contributed by atoms with Gasteiger partial charge in [-0.2, -0.15) is 0 Å². The van der Waals surface area contributed by atoms with E-state index in [1.807, 2.05) is 36.4 Å². The van der Waals surface area contributed by atoms with Crippen molar-refractivity contribution in [1.82, 2.24) is 15.0 Å². The second kappa shape index (κ2) is 8.31. The van der Waals surface area contributed by atoms with Crippen molar-refractivity contribution in [3.05, 3.63) is 96.0 Å². The lowest BCUT2D eigenvalue weighted by atomic mass is 10.1. The summed E-state index contributed by atoms with van der Waals surface area (Å²) >= 11 is 0. The van der Waals surface area contributed by atoms with Gasteiger partial charge < -0.3 is 9.72 Å². The van der Waals surface area contributed by atoms with Crippen molar-refractivity contribution in [1.29, 1.82) is 0 Å². The zero-order valence-corrected chi connectivity index (χ0v) is 15.2. The number of hydrogen-bond donors (Lipinski definition) is 1. The first-order valence-electron chi connectivity index (χ1n) is 9.07. The van der Waals surface area contributed by atoms with E-state index in [2.05, 4.69) is 27.1 Å². The van der Waals surface area contributed by atoms with Crippen LogP contribution in [0.3, 0.4) is 0 Å². The molecule has 0 saturated heterocycles. The third kappa shape index (κ3) is 3.99. The van der Waals surface area contributed by atoms with Crippen LogP contribution in [0.15, 0.2) is 79.3 Å². The van der Waals surface area contributed by atoms with Gasteiger partial charge in [0.25, 0.3) is 0 Å². The monoisotopic (exact) mass is 369 g/mol. The van der Waals surface area contributed by atoms with E-state index < -0.39 is 0 Å². The van der Waals surface area contributed by atoms with Crippen LogP contribution in [0.5, 0.6) is 5.88 Å². The quantitative estimate of drug-likeness (QED) is 0.385. The first kappa shape index (κ1) is 17.7. The number of carbonyl (C=O) groups excluding carboxylic acids is 1. The number of hydrogen-bond acceptors (Lipinski definition) is 4. The van der Waals surface area contributed by atoms with Gasteiger partial charge in [0.2, 0.25) is 5.88 Å². The van der Waals surface area contributed by atoms with Crippen molar-refractivity contribution < 1.29 is 9.53 Å². The van der Waals surface area contributed by atoms with Gasteiger partial charge in [-0.1, -0.05) is 60.7 Å². The van der Waals surface area contributed by atoms with E-state index in [4.69, 9.17) is 4.74 Å². The normalized spacial score (nSPS) is 11.1. The number of aromatic amines is 1. The fourth-order valence-electron chi connectivity index (χ4n) is 2.97. The predicted molar refractivity (Wildman–Crippen MR) is 109 cm³/mol. The molecule has 5 heteroatoms. The highest BCUT2D eigenvalue weighted by Gasteiger charge is 2.11. The molecule has 2 aromatic carbocycles. The number of fused-ring (bicyclic) bond motifs is 1. The average molecular weight is 369 g/mol. The van der Waals surface area contributed by atoms with Crippen molar-refractivity contribution in [3.8, 4) is 5.88 Å². The summed E-state index contributed by atoms with van der Waals surface area (Å²) in [7, 11) is 0. The molecule has 2 aromatic heterocycles. The minimum atomic E-state index is -0.0571. The molecule has 0 bridgehead atoms. The van der Waals surface area contributed by atoms with Crippen LogP contribution in [-0.2, 0) is 6.42 Å². The first-order valence-corrected chi connectivity index (χ1v) is 9.07. The topological polar surface area (TPSA) is 67.9 Å². The van der Waals surface area contributed by atoms with Crippen LogP contribution in [0.25, 0.3) is 17.1 Å². The van der Waals surface area contributed by atoms with Gasteiger partial charge in [-0.15, -0.1) is 0 Å². The second-order valence-electron chi connectivity index (χ2n) is 6.29. The number of nitrogens with one attached hydrogen (secondary N) is 1. The lowest BCUT2D eigenvalue weighted by molar-refractivity contribution is 0.104. The molecule has 0 spiro atoms. The number of ketones is 1. The van der Waals surface area contributed by atoms with Gasteiger partial charge in [0.05, 0.1) is 12.0 Å². The molecule has 4 rings (SSSR count). The summed E-state index contributed by atoms with van der Waals surface area (Å²) in [4.78, 5) is 24.0. The number of carbonyl (C=O) groups is 1. The average Bonchev–Trinajstić information content (AvgIpc) is 3.17. The van der Waals surface area contributed by atoms with Crippen molar-refractivity contribution in [2.45, 2.75) is 6.42 Å². The summed E-state index contributed by atoms with van der Waals surface area (Å²) in [6, 6.07) is 19.3. The number of benzene rings is 2. The Morgan fingerprint density at radius 1 is 1.00 bits per heavy atom. The third-order valence-electron chi connectivity index (χ3n) is 4.41. The van der Waals surface area contributed by atoms with Gasteiger partial charge in [0, 0.05) is 23.7 Å². The van der Waals surface area contributed by atoms with E-state index in [0.717, 1.165) is 17.4 Å². The van der Waals surface area contributed by atoms with Crippen LogP contribution in [-0.4, -0.2) is 27.3 Å². The minimum absolute atomic E-state index is 0.0571. The summed E-state index contributed by atoms with van der Waals surface area (Å²) in [5, 5.41) is 0.771. The molecule has 0 saturated carbocycles. The number of nitrogens with zero attached hydrogens (tertiary/aromatic N) is 2. The van der Waals surface area contributed by atoms with E-state index in [0.29, 0.717) is 23.7 Å². The maximum Gasteiger partial charge on any atom is 0.226 e. The Morgan fingerprint density at radius 3 is 2.54 bits per heavy atom. The van der Waals surface area contributed by atoms with Gasteiger partial charge in [-0.3, -0.25) is 4.79 Å². The van der Waals surface area contributed by atoms with E-state index in [-0.39, 0.29) is 5.78 Å². The molecule has 0 atom stereocenters. The molecular weight excluding hydrogens is 350 g/mol. The molecule has 138 valence electrons. The smallest absolute Gasteiger partial charge is 0.226 e. The molecule has 0 unspecified atom stereocenters. The zero-order chi connectivity index (χ0) is 19.2. The Balaban J connectivity index is 1.53. The molecule has 0 fully saturated rings. The molecule has 0 aliphatic carbocycles. The van der Waals surface area contributed by atoms with E-state index in [9.17, 15) is 4.79 Å². The van der Waals surface area contributed by atoms with E-state index in [1.165, 1.54) is 11.9 Å². The SMILES string of the molecule is O=C(/C=C/c1c[nH]c2ncnc(OCCc3ccccc3)c12)c1ccccc1. The van der Waals surface area contributed by atoms with Gasteiger partial charge in [0.15, 0.2) is 5.78 Å². The summed E-state index contributed by atoms with van der Waals surface area (Å²) in [5.74, 6) is 0.451. The summed E-state index contributed by atoms with van der Waals surface area (Å²) in [5.41, 5.74) is 3.34. The number of allylic oxidation sites excluding steroid dienone is 1. The Bertz CT molecular complexity index is 1100. The molecule has 28 heavy (non-hydrogen) atoms. The molecule has 2 heterocycles. The Kier molecular flexibility index (Phi) is 5.24. The highest BCUT2D eigenvalue weighted by Crippen LogP contribution is 2.26. The maximum atomic E-state index is 12.3. The Labute approximate surface area is 162 Å². The molecular formula is C23H19N3O2. The second-order valence-corrected chi connectivity index (χ2v) is 6.29. The maximum absolute atomic E-state index is 12.3. The molecule has 0 radical (unpaired) electrons. The summed E-state index contributed by atoms with van der Waals surface area (Å²) < 4.78 is 5.92. The van der Waals surface area contributed by atoms with Crippen LogP contribution in [0.4, 0.5) is 0 Å². The predicted octanol–water partition coefficient (Wildman–Crippen LogP) is 4.48. The van der Waals surface area contributed by atoms with Crippen LogP contribution >= 0.6 is 0 Å². The fourth-order valence-corrected chi connectivity index (χ4v) is 2.97. The number of aromatic nitrogens is 3. The van der Waals surface area contributed by atoms with Crippen LogP contribution in [0.1, 0.15) is 21.5 Å². The Hall–Kier alpha value is -3.73. The third-order valence-corrected chi connectivity index (χ3v) is 4.41. The number of rotatable bonds is 7. The first-order chi connectivity index (χ1) is 13.8. The largest absolute Gasteiger partial charge is 0.477 e. The van der Waals surface area contributed by atoms with E-state index >= 15 is 0 Å². The lowest BCUT2D eigenvalue weighted by Gasteiger charge is -2.07. The van der Waals surface area contributed by atoms with Crippen molar-refractivity contribution in [3.63, 3.8) is 0 Å². The molecule has 0 aliphatic rings. The highest BCUT2D eigenvalue weighted by molar-refractivity contribution is 6.07.